The first-order chi connectivity index (χ1) is 14.6. The van der Waals surface area contributed by atoms with Crippen molar-refractivity contribution in [2.45, 2.75) is 38.4 Å². The first kappa shape index (κ1) is 18.3. The molecule has 1 saturated heterocycles. The number of nitrogens with zero attached hydrogens (tertiary/aromatic N) is 4. The molecule has 4 atom stereocenters. The highest BCUT2D eigenvalue weighted by atomic mass is 32.1. The number of para-hydroxylation sites is 1. The van der Waals surface area contributed by atoms with Gasteiger partial charge in [0.2, 0.25) is 0 Å². The average molecular weight is 420 g/mol. The summed E-state index contributed by atoms with van der Waals surface area (Å²) in [5, 5.41) is 10.9. The van der Waals surface area contributed by atoms with Gasteiger partial charge in [0.1, 0.15) is 10.7 Å². The van der Waals surface area contributed by atoms with Crippen molar-refractivity contribution in [2.75, 3.05) is 6.54 Å². The van der Waals surface area contributed by atoms with E-state index in [0.29, 0.717) is 11.6 Å². The van der Waals surface area contributed by atoms with Crippen LogP contribution in [0.25, 0.3) is 16.3 Å². The highest BCUT2D eigenvalue weighted by Gasteiger charge is 2.70. The molecule has 2 aromatic heterocycles. The van der Waals surface area contributed by atoms with E-state index in [1.54, 1.807) is 0 Å². The van der Waals surface area contributed by atoms with E-state index in [0.717, 1.165) is 41.1 Å². The van der Waals surface area contributed by atoms with Crippen LogP contribution in [0.2, 0.25) is 0 Å². The number of hydrogen-bond donors (Lipinski definition) is 1. The molecule has 0 radical (unpaired) electrons. The van der Waals surface area contributed by atoms with Gasteiger partial charge in [0.15, 0.2) is 0 Å². The molecule has 1 N–H and O–H groups in total. The molecule has 3 heterocycles. The van der Waals surface area contributed by atoms with E-state index in [9.17, 15) is 4.79 Å². The first-order valence-electron chi connectivity index (χ1n) is 10.7. The summed E-state index contributed by atoms with van der Waals surface area (Å²) in [6.45, 7) is 5.27. The Kier molecular flexibility index (Phi) is 3.95. The van der Waals surface area contributed by atoms with Crippen molar-refractivity contribution in [3.8, 4) is 16.3 Å². The van der Waals surface area contributed by atoms with Gasteiger partial charge < -0.3 is 4.90 Å². The summed E-state index contributed by atoms with van der Waals surface area (Å²) in [6, 6.07) is 10.1. The normalized spacial score (nSPS) is 28.7. The molecule has 3 fully saturated rings. The summed E-state index contributed by atoms with van der Waals surface area (Å²) in [4.78, 5) is 20.4. The van der Waals surface area contributed by atoms with Gasteiger partial charge in [0.25, 0.3) is 5.91 Å². The lowest BCUT2D eigenvalue weighted by atomic mass is 9.49. The van der Waals surface area contributed by atoms with Crippen LogP contribution in [0.3, 0.4) is 0 Å². The third-order valence-electron chi connectivity index (χ3n) is 7.16. The number of thiazole rings is 1. The van der Waals surface area contributed by atoms with Gasteiger partial charge in [-0.05, 0) is 50.7 Å². The standard InChI is InChI=1S/C23H25N5OS/c1-14(2)28(23-9-15-8-16(10-24-23)20(15)23)22(29)19-13-30-21(26-19)17-11-25-27(12-17)18-6-4-3-5-7-18/h3-7,11-16,20,24H,8-10H2,1-2H3. The van der Waals surface area contributed by atoms with Gasteiger partial charge in [-0.3, -0.25) is 10.1 Å². The van der Waals surface area contributed by atoms with Crippen LogP contribution in [0.15, 0.2) is 48.1 Å². The van der Waals surface area contributed by atoms with Crippen LogP contribution in [0, 0.1) is 17.8 Å². The first-order valence-corrected chi connectivity index (χ1v) is 11.6. The highest BCUT2D eigenvalue weighted by molar-refractivity contribution is 7.13. The Morgan fingerprint density at radius 3 is 2.90 bits per heavy atom. The quantitative estimate of drug-likeness (QED) is 0.683. The van der Waals surface area contributed by atoms with Gasteiger partial charge >= 0.3 is 0 Å². The molecule has 0 spiro atoms. The Morgan fingerprint density at radius 2 is 2.13 bits per heavy atom. The number of hydrogen-bond acceptors (Lipinski definition) is 5. The van der Waals surface area contributed by atoms with E-state index >= 15 is 0 Å². The van der Waals surface area contributed by atoms with Gasteiger partial charge in [-0.25, -0.2) is 9.67 Å². The second-order valence-corrected chi connectivity index (χ2v) is 9.96. The largest absolute Gasteiger partial charge is 0.316 e. The topological polar surface area (TPSA) is 63.1 Å². The van der Waals surface area contributed by atoms with E-state index in [-0.39, 0.29) is 17.6 Å². The summed E-state index contributed by atoms with van der Waals surface area (Å²) in [6.07, 6.45) is 6.19. The van der Waals surface area contributed by atoms with Gasteiger partial charge in [-0.1, -0.05) is 18.2 Å². The monoisotopic (exact) mass is 419 g/mol. The zero-order chi connectivity index (χ0) is 20.5. The number of benzene rings is 1. The third kappa shape index (κ3) is 2.48. The van der Waals surface area contributed by atoms with Crippen molar-refractivity contribution >= 4 is 17.2 Å². The fourth-order valence-electron chi connectivity index (χ4n) is 5.95. The molecule has 3 aliphatic rings. The minimum absolute atomic E-state index is 0.0430. The zero-order valence-corrected chi connectivity index (χ0v) is 18.0. The van der Waals surface area contributed by atoms with Crippen LogP contribution in [0.4, 0.5) is 0 Å². The predicted octanol–water partition coefficient (Wildman–Crippen LogP) is 3.80. The number of rotatable bonds is 5. The Balaban J connectivity index is 1.27. The Labute approximate surface area is 179 Å². The van der Waals surface area contributed by atoms with E-state index in [1.165, 1.54) is 17.8 Å². The number of carbonyl (C=O) groups excluding carboxylic acids is 1. The lowest BCUT2D eigenvalue weighted by Crippen LogP contribution is -2.73. The van der Waals surface area contributed by atoms with E-state index < -0.39 is 0 Å². The molecule has 2 aliphatic carbocycles. The van der Waals surface area contributed by atoms with Gasteiger partial charge in [0, 0.05) is 35.6 Å². The SMILES string of the molecule is CC(C)N(C(=O)c1csc(-c2cnn(-c3ccccc3)c2)n1)C12CC3CC(CN1)C32. The second-order valence-electron chi connectivity index (χ2n) is 9.11. The van der Waals surface area contributed by atoms with Gasteiger partial charge in [-0.2, -0.15) is 5.10 Å². The molecule has 2 saturated carbocycles. The fraction of sp³-hybridized carbons (Fsp3) is 0.435. The minimum atomic E-state index is -0.152. The number of amides is 1. The summed E-state index contributed by atoms with van der Waals surface area (Å²) in [7, 11) is 0. The fourth-order valence-corrected chi connectivity index (χ4v) is 6.72. The molecule has 6 nitrogen and oxygen atoms in total. The molecule has 3 aromatic rings. The zero-order valence-electron chi connectivity index (χ0n) is 17.2. The van der Waals surface area contributed by atoms with Crippen molar-refractivity contribution < 1.29 is 4.79 Å². The lowest BCUT2D eigenvalue weighted by Gasteiger charge is -2.64. The van der Waals surface area contributed by atoms with Gasteiger partial charge in [-0.15, -0.1) is 11.3 Å². The molecular weight excluding hydrogens is 394 g/mol. The van der Waals surface area contributed by atoms with E-state index in [1.807, 2.05) is 52.8 Å². The van der Waals surface area contributed by atoms with Crippen LogP contribution < -0.4 is 5.32 Å². The predicted molar refractivity (Wildman–Crippen MR) is 116 cm³/mol. The average Bonchev–Trinajstić information content (AvgIpc) is 3.40. The van der Waals surface area contributed by atoms with Crippen molar-refractivity contribution in [2.24, 2.45) is 17.8 Å². The van der Waals surface area contributed by atoms with E-state index in [2.05, 4.69) is 29.2 Å². The van der Waals surface area contributed by atoms with Gasteiger partial charge in [0.05, 0.1) is 17.5 Å². The number of nitrogens with one attached hydrogen (secondary N) is 1. The molecule has 1 aliphatic heterocycles. The lowest BCUT2D eigenvalue weighted by molar-refractivity contribution is -0.145. The van der Waals surface area contributed by atoms with Crippen LogP contribution in [-0.2, 0) is 0 Å². The molecule has 7 heteroatoms. The Bertz CT molecular complexity index is 1100. The molecule has 30 heavy (non-hydrogen) atoms. The number of carbonyl (C=O) groups is 1. The molecule has 154 valence electrons. The molecule has 6 rings (SSSR count). The van der Waals surface area contributed by atoms with Crippen molar-refractivity contribution in [3.05, 3.63) is 53.8 Å². The summed E-state index contributed by atoms with van der Waals surface area (Å²) >= 11 is 1.51. The van der Waals surface area contributed by atoms with Crippen LogP contribution >= 0.6 is 11.3 Å². The molecule has 4 unspecified atom stereocenters. The van der Waals surface area contributed by atoms with Crippen molar-refractivity contribution in [3.63, 3.8) is 0 Å². The molecular formula is C23H25N5OS. The molecule has 1 amide bonds. The maximum Gasteiger partial charge on any atom is 0.275 e. The summed E-state index contributed by atoms with van der Waals surface area (Å²) in [5.41, 5.74) is 2.32. The molecule has 0 bridgehead atoms. The van der Waals surface area contributed by atoms with Crippen LogP contribution in [0.5, 0.6) is 0 Å². The smallest absolute Gasteiger partial charge is 0.275 e. The second kappa shape index (κ2) is 6.49. The van der Waals surface area contributed by atoms with Crippen molar-refractivity contribution in [1.29, 1.82) is 0 Å². The Hall–Kier alpha value is -2.51. The Morgan fingerprint density at radius 1 is 1.30 bits per heavy atom. The maximum atomic E-state index is 13.6. The van der Waals surface area contributed by atoms with Crippen LogP contribution in [0.1, 0.15) is 37.2 Å². The summed E-state index contributed by atoms with van der Waals surface area (Å²) < 4.78 is 1.84. The summed E-state index contributed by atoms with van der Waals surface area (Å²) in [5.74, 6) is 2.22. The number of aromatic nitrogens is 3. The molecule has 1 aromatic carbocycles. The third-order valence-corrected chi connectivity index (χ3v) is 8.05. The maximum absolute atomic E-state index is 13.6. The van der Waals surface area contributed by atoms with E-state index in [4.69, 9.17) is 4.98 Å². The highest BCUT2D eigenvalue weighted by Crippen LogP contribution is 2.64. The van der Waals surface area contributed by atoms with Crippen molar-refractivity contribution in [1.82, 2.24) is 25.0 Å². The van der Waals surface area contributed by atoms with Crippen LogP contribution in [-0.4, -0.2) is 43.8 Å². The minimum Gasteiger partial charge on any atom is -0.316 e.